The minimum Gasteiger partial charge on any atom is -0.480 e. The molecule has 6 heteroatoms. The standard InChI is InChI=1S/C11H15NO3S2/c1-8(13)12-10(11(14)15)7-16-6-4-9-3-2-5-17-9/h2-3,5,10H,4,6-7H2,1H3,(H,12,13)(H,14,15). The molecule has 1 atom stereocenters. The molecule has 0 aromatic carbocycles. The van der Waals surface area contributed by atoms with Crippen molar-refractivity contribution in [2.24, 2.45) is 0 Å². The lowest BCUT2D eigenvalue weighted by Gasteiger charge is -2.12. The van der Waals surface area contributed by atoms with Gasteiger partial charge in [0.1, 0.15) is 6.04 Å². The first-order valence-electron chi connectivity index (χ1n) is 5.19. The predicted octanol–water partition coefficient (Wildman–Crippen LogP) is 1.61. The lowest BCUT2D eigenvalue weighted by molar-refractivity contribution is -0.140. The molecule has 0 bridgehead atoms. The summed E-state index contributed by atoms with van der Waals surface area (Å²) >= 11 is 3.24. The second kappa shape index (κ2) is 7.34. The first-order valence-corrected chi connectivity index (χ1v) is 7.23. The van der Waals surface area contributed by atoms with Crippen molar-refractivity contribution in [2.45, 2.75) is 19.4 Å². The molecule has 1 aromatic heterocycles. The van der Waals surface area contributed by atoms with Crippen LogP contribution in [0.25, 0.3) is 0 Å². The van der Waals surface area contributed by atoms with Gasteiger partial charge in [0.25, 0.3) is 0 Å². The van der Waals surface area contributed by atoms with Crippen LogP contribution in [0.4, 0.5) is 0 Å². The van der Waals surface area contributed by atoms with E-state index in [2.05, 4.69) is 11.4 Å². The van der Waals surface area contributed by atoms with Gasteiger partial charge in [-0.05, 0) is 23.6 Å². The fourth-order valence-corrected chi connectivity index (χ4v) is 3.08. The average Bonchev–Trinajstić information content (AvgIpc) is 2.74. The molecule has 0 aliphatic rings. The summed E-state index contributed by atoms with van der Waals surface area (Å²) in [7, 11) is 0. The first kappa shape index (κ1) is 14.1. The van der Waals surface area contributed by atoms with Crippen LogP contribution in [0.15, 0.2) is 17.5 Å². The number of amides is 1. The predicted molar refractivity (Wildman–Crippen MR) is 70.6 cm³/mol. The van der Waals surface area contributed by atoms with E-state index in [9.17, 15) is 9.59 Å². The van der Waals surface area contributed by atoms with E-state index in [1.807, 2.05) is 11.4 Å². The van der Waals surface area contributed by atoms with E-state index in [4.69, 9.17) is 5.11 Å². The Labute approximate surface area is 108 Å². The normalized spacial score (nSPS) is 12.1. The van der Waals surface area contributed by atoms with Gasteiger partial charge in [0.15, 0.2) is 0 Å². The molecule has 0 fully saturated rings. The van der Waals surface area contributed by atoms with Gasteiger partial charge >= 0.3 is 5.97 Å². The quantitative estimate of drug-likeness (QED) is 0.741. The number of thiophene rings is 1. The fourth-order valence-electron chi connectivity index (χ4n) is 1.25. The van der Waals surface area contributed by atoms with Crippen molar-refractivity contribution in [1.82, 2.24) is 5.32 Å². The van der Waals surface area contributed by atoms with Gasteiger partial charge < -0.3 is 10.4 Å². The van der Waals surface area contributed by atoms with Crippen LogP contribution in [0.5, 0.6) is 0 Å². The Morgan fingerprint density at radius 2 is 2.35 bits per heavy atom. The SMILES string of the molecule is CC(=O)NC(CSCCc1cccs1)C(=O)O. The number of hydrogen-bond acceptors (Lipinski definition) is 4. The van der Waals surface area contributed by atoms with Gasteiger partial charge in [-0.15, -0.1) is 11.3 Å². The van der Waals surface area contributed by atoms with Crippen LogP contribution in [0.1, 0.15) is 11.8 Å². The lowest BCUT2D eigenvalue weighted by atomic mass is 10.3. The Bertz CT molecular complexity index is 365. The maximum Gasteiger partial charge on any atom is 0.327 e. The fraction of sp³-hybridized carbons (Fsp3) is 0.455. The van der Waals surface area contributed by atoms with Crippen molar-refractivity contribution >= 4 is 35.0 Å². The second-order valence-electron chi connectivity index (χ2n) is 3.50. The molecule has 1 aromatic rings. The van der Waals surface area contributed by atoms with Gasteiger partial charge in [-0.1, -0.05) is 6.07 Å². The lowest BCUT2D eigenvalue weighted by Crippen LogP contribution is -2.41. The van der Waals surface area contributed by atoms with Crippen LogP contribution >= 0.6 is 23.1 Å². The van der Waals surface area contributed by atoms with Crippen LogP contribution in [0.3, 0.4) is 0 Å². The molecule has 0 saturated carbocycles. The summed E-state index contributed by atoms with van der Waals surface area (Å²) in [4.78, 5) is 22.9. The minimum absolute atomic E-state index is 0.309. The maximum absolute atomic E-state index is 10.8. The van der Waals surface area contributed by atoms with E-state index in [1.54, 1.807) is 23.1 Å². The highest BCUT2D eigenvalue weighted by atomic mass is 32.2. The highest BCUT2D eigenvalue weighted by Crippen LogP contribution is 2.13. The van der Waals surface area contributed by atoms with Crippen LogP contribution in [0, 0.1) is 0 Å². The Balaban J connectivity index is 2.23. The topological polar surface area (TPSA) is 66.4 Å². The molecule has 1 amide bonds. The Morgan fingerprint density at radius 1 is 1.59 bits per heavy atom. The zero-order chi connectivity index (χ0) is 12.7. The Morgan fingerprint density at radius 3 is 2.88 bits per heavy atom. The summed E-state index contributed by atoms with van der Waals surface area (Å²) < 4.78 is 0. The molecule has 0 aliphatic heterocycles. The summed E-state index contributed by atoms with van der Waals surface area (Å²) in [5.41, 5.74) is 0. The van der Waals surface area contributed by atoms with E-state index in [1.165, 1.54) is 11.8 Å². The van der Waals surface area contributed by atoms with Crippen molar-refractivity contribution in [3.8, 4) is 0 Å². The van der Waals surface area contributed by atoms with Gasteiger partial charge in [0.2, 0.25) is 5.91 Å². The molecule has 0 spiro atoms. The highest BCUT2D eigenvalue weighted by molar-refractivity contribution is 7.99. The molecule has 0 radical (unpaired) electrons. The van der Waals surface area contributed by atoms with Crippen LogP contribution < -0.4 is 5.32 Å². The highest BCUT2D eigenvalue weighted by Gasteiger charge is 2.17. The van der Waals surface area contributed by atoms with E-state index in [0.717, 1.165) is 12.2 Å². The van der Waals surface area contributed by atoms with Crippen LogP contribution in [-0.4, -0.2) is 34.5 Å². The zero-order valence-corrected chi connectivity index (χ0v) is 11.1. The molecular weight excluding hydrogens is 258 g/mol. The van der Waals surface area contributed by atoms with E-state index in [-0.39, 0.29) is 5.91 Å². The molecule has 94 valence electrons. The molecule has 1 heterocycles. The largest absolute Gasteiger partial charge is 0.480 e. The van der Waals surface area contributed by atoms with Crippen LogP contribution in [0.2, 0.25) is 0 Å². The number of carboxylic acid groups (broad SMARTS) is 1. The monoisotopic (exact) mass is 273 g/mol. The van der Waals surface area contributed by atoms with Crippen molar-refractivity contribution < 1.29 is 14.7 Å². The summed E-state index contributed by atoms with van der Waals surface area (Å²) in [6.45, 7) is 1.33. The Kier molecular flexibility index (Phi) is 6.07. The third kappa shape index (κ3) is 5.74. The average molecular weight is 273 g/mol. The number of rotatable bonds is 7. The van der Waals surface area contributed by atoms with Gasteiger partial charge in [0.05, 0.1) is 0 Å². The molecular formula is C11H15NO3S2. The molecule has 17 heavy (non-hydrogen) atoms. The van der Waals surface area contributed by atoms with Gasteiger partial charge in [-0.25, -0.2) is 4.79 Å². The number of carbonyl (C=O) groups is 2. The molecule has 0 saturated heterocycles. The van der Waals surface area contributed by atoms with E-state index in [0.29, 0.717) is 5.75 Å². The molecule has 1 rings (SSSR count). The molecule has 1 unspecified atom stereocenters. The summed E-state index contributed by atoms with van der Waals surface area (Å²) in [5.74, 6) is -0.0236. The van der Waals surface area contributed by atoms with Gasteiger partial charge in [-0.3, -0.25) is 4.79 Å². The van der Waals surface area contributed by atoms with Crippen molar-refractivity contribution in [3.05, 3.63) is 22.4 Å². The minimum atomic E-state index is -0.983. The number of carbonyl (C=O) groups excluding carboxylic acids is 1. The van der Waals surface area contributed by atoms with Crippen LogP contribution in [-0.2, 0) is 16.0 Å². The van der Waals surface area contributed by atoms with Gasteiger partial charge in [-0.2, -0.15) is 11.8 Å². The first-order chi connectivity index (χ1) is 8.09. The molecule has 0 aliphatic carbocycles. The maximum atomic E-state index is 10.8. The van der Waals surface area contributed by atoms with Crippen molar-refractivity contribution in [1.29, 1.82) is 0 Å². The smallest absolute Gasteiger partial charge is 0.327 e. The Hall–Kier alpha value is -1.01. The van der Waals surface area contributed by atoms with Gasteiger partial charge in [0, 0.05) is 17.6 Å². The van der Waals surface area contributed by atoms with Crippen molar-refractivity contribution in [3.63, 3.8) is 0 Å². The number of nitrogens with one attached hydrogen (secondary N) is 1. The number of aryl methyl sites for hydroxylation is 1. The summed E-state index contributed by atoms with van der Waals surface area (Å²) in [5, 5.41) is 13.3. The number of aliphatic carboxylic acids is 1. The summed E-state index contributed by atoms with van der Waals surface area (Å²) in [6, 6.07) is 3.27. The number of carboxylic acids is 1. The third-order valence-electron chi connectivity index (χ3n) is 2.03. The van der Waals surface area contributed by atoms with E-state index < -0.39 is 12.0 Å². The van der Waals surface area contributed by atoms with Crippen molar-refractivity contribution in [2.75, 3.05) is 11.5 Å². The number of thioether (sulfide) groups is 1. The molecule has 4 nitrogen and oxygen atoms in total. The second-order valence-corrected chi connectivity index (χ2v) is 5.68. The number of hydrogen-bond donors (Lipinski definition) is 2. The summed E-state index contributed by atoms with van der Waals surface area (Å²) in [6.07, 6.45) is 0.939. The van der Waals surface area contributed by atoms with E-state index >= 15 is 0 Å². The third-order valence-corrected chi connectivity index (χ3v) is 4.03. The molecule has 2 N–H and O–H groups in total. The zero-order valence-electron chi connectivity index (χ0n) is 9.51.